The van der Waals surface area contributed by atoms with E-state index in [1.807, 2.05) is 13.0 Å². The van der Waals surface area contributed by atoms with E-state index in [9.17, 15) is 9.59 Å². The summed E-state index contributed by atoms with van der Waals surface area (Å²) < 4.78 is 1.43. The Kier molecular flexibility index (Phi) is 4.25. The van der Waals surface area contributed by atoms with E-state index in [0.29, 0.717) is 10.7 Å². The number of rotatable bonds is 3. The number of benzene rings is 1. The summed E-state index contributed by atoms with van der Waals surface area (Å²) in [6.07, 6.45) is 0. The number of carbonyl (C=O) groups is 1. The van der Waals surface area contributed by atoms with Gasteiger partial charge in [-0.15, -0.1) is 0 Å². The van der Waals surface area contributed by atoms with Gasteiger partial charge in [-0.1, -0.05) is 23.7 Å². The summed E-state index contributed by atoms with van der Waals surface area (Å²) in [4.78, 5) is 23.7. The van der Waals surface area contributed by atoms with Crippen LogP contribution in [-0.2, 0) is 11.3 Å². The molecule has 2 rings (SSSR count). The third-order valence-corrected chi connectivity index (χ3v) is 3.28. The lowest BCUT2D eigenvalue weighted by Gasteiger charge is -2.11. The van der Waals surface area contributed by atoms with Gasteiger partial charge < -0.3 is 9.88 Å². The van der Waals surface area contributed by atoms with Crippen molar-refractivity contribution in [2.75, 3.05) is 5.32 Å². The van der Waals surface area contributed by atoms with E-state index in [1.165, 1.54) is 10.6 Å². The van der Waals surface area contributed by atoms with Crippen LogP contribution in [0.15, 0.2) is 41.2 Å². The molecule has 1 aromatic heterocycles. The highest BCUT2D eigenvalue weighted by molar-refractivity contribution is 6.31. The van der Waals surface area contributed by atoms with E-state index in [0.717, 1.165) is 11.3 Å². The van der Waals surface area contributed by atoms with E-state index >= 15 is 0 Å². The average molecular weight is 291 g/mol. The number of halogens is 1. The molecule has 0 saturated heterocycles. The van der Waals surface area contributed by atoms with Gasteiger partial charge >= 0.3 is 0 Å². The topological polar surface area (TPSA) is 51.1 Å². The Bertz CT molecular complexity index is 707. The number of hydrogen-bond acceptors (Lipinski definition) is 2. The zero-order valence-electron chi connectivity index (χ0n) is 11.3. The molecule has 0 atom stereocenters. The molecule has 0 saturated carbocycles. The standard InChI is InChI=1S/C15H15ClN2O2/c1-10-6-7-12(16)8-13(10)17-14(19)9-18-11(2)4-3-5-15(18)20/h3-8H,9H2,1-2H3,(H,17,19). The zero-order valence-corrected chi connectivity index (χ0v) is 12.1. The molecule has 20 heavy (non-hydrogen) atoms. The van der Waals surface area contributed by atoms with Crippen LogP contribution in [0.3, 0.4) is 0 Å². The summed E-state index contributed by atoms with van der Waals surface area (Å²) in [5.41, 5.74) is 2.13. The monoisotopic (exact) mass is 290 g/mol. The number of nitrogens with zero attached hydrogens (tertiary/aromatic N) is 1. The van der Waals surface area contributed by atoms with Crippen molar-refractivity contribution in [3.63, 3.8) is 0 Å². The molecule has 0 fully saturated rings. The molecule has 0 aliphatic carbocycles. The highest BCUT2D eigenvalue weighted by atomic mass is 35.5. The van der Waals surface area contributed by atoms with Crippen LogP contribution in [0.4, 0.5) is 5.69 Å². The predicted octanol–water partition coefficient (Wildman–Crippen LogP) is 2.76. The summed E-state index contributed by atoms with van der Waals surface area (Å²) in [5.74, 6) is -0.258. The molecule has 1 N–H and O–H groups in total. The molecule has 0 unspecified atom stereocenters. The first-order valence-electron chi connectivity index (χ1n) is 6.20. The summed E-state index contributed by atoms with van der Waals surface area (Å²) >= 11 is 5.90. The van der Waals surface area contributed by atoms with Gasteiger partial charge in [-0.2, -0.15) is 0 Å². The Morgan fingerprint density at radius 1 is 1.25 bits per heavy atom. The number of amides is 1. The molecular weight excluding hydrogens is 276 g/mol. The van der Waals surface area contributed by atoms with Gasteiger partial charge in [-0.05, 0) is 37.6 Å². The number of pyridine rings is 1. The molecule has 4 nitrogen and oxygen atoms in total. The smallest absolute Gasteiger partial charge is 0.251 e. The van der Waals surface area contributed by atoms with Gasteiger partial charge in [0.15, 0.2) is 0 Å². The minimum Gasteiger partial charge on any atom is -0.324 e. The first-order valence-corrected chi connectivity index (χ1v) is 6.57. The van der Waals surface area contributed by atoms with E-state index in [1.54, 1.807) is 31.2 Å². The zero-order chi connectivity index (χ0) is 14.7. The summed E-state index contributed by atoms with van der Waals surface area (Å²) in [7, 11) is 0. The number of aryl methyl sites for hydroxylation is 2. The molecule has 0 radical (unpaired) electrons. The maximum absolute atomic E-state index is 12.0. The second kappa shape index (κ2) is 5.92. The van der Waals surface area contributed by atoms with Gasteiger partial charge in [0, 0.05) is 22.5 Å². The first kappa shape index (κ1) is 14.3. The van der Waals surface area contributed by atoms with Crippen molar-refractivity contribution in [2.45, 2.75) is 20.4 Å². The SMILES string of the molecule is Cc1ccc(Cl)cc1NC(=O)Cn1c(C)cccc1=O. The lowest BCUT2D eigenvalue weighted by molar-refractivity contribution is -0.116. The van der Waals surface area contributed by atoms with Crippen LogP contribution < -0.4 is 10.9 Å². The molecule has 2 aromatic rings. The Morgan fingerprint density at radius 2 is 2.00 bits per heavy atom. The fraction of sp³-hybridized carbons (Fsp3) is 0.200. The van der Waals surface area contributed by atoms with E-state index in [-0.39, 0.29) is 18.0 Å². The van der Waals surface area contributed by atoms with Crippen molar-refractivity contribution in [3.05, 3.63) is 63.0 Å². The van der Waals surface area contributed by atoms with Gasteiger partial charge in [-0.25, -0.2) is 0 Å². The minimum absolute atomic E-state index is 0.0164. The molecule has 1 amide bonds. The lowest BCUT2D eigenvalue weighted by atomic mass is 10.2. The van der Waals surface area contributed by atoms with E-state index in [4.69, 9.17) is 11.6 Å². The molecule has 0 bridgehead atoms. The number of aromatic nitrogens is 1. The van der Waals surface area contributed by atoms with Crippen LogP contribution in [0.1, 0.15) is 11.3 Å². The van der Waals surface area contributed by atoms with Gasteiger partial charge in [0.05, 0.1) is 0 Å². The maximum Gasteiger partial charge on any atom is 0.251 e. The normalized spacial score (nSPS) is 10.3. The van der Waals surface area contributed by atoms with Gasteiger partial charge in [-0.3, -0.25) is 9.59 Å². The van der Waals surface area contributed by atoms with Crippen molar-refractivity contribution in [1.82, 2.24) is 4.57 Å². The lowest BCUT2D eigenvalue weighted by Crippen LogP contribution is -2.28. The fourth-order valence-electron chi connectivity index (χ4n) is 1.89. The predicted molar refractivity (Wildman–Crippen MR) is 80.3 cm³/mol. The van der Waals surface area contributed by atoms with Crippen LogP contribution in [0, 0.1) is 13.8 Å². The van der Waals surface area contributed by atoms with Crippen LogP contribution in [0.5, 0.6) is 0 Å². The van der Waals surface area contributed by atoms with Crippen molar-refractivity contribution in [3.8, 4) is 0 Å². The summed E-state index contributed by atoms with van der Waals surface area (Å²) in [6.45, 7) is 3.66. The minimum atomic E-state index is -0.258. The van der Waals surface area contributed by atoms with Crippen LogP contribution in [0.2, 0.25) is 5.02 Å². The molecule has 0 spiro atoms. The third kappa shape index (κ3) is 3.27. The molecule has 1 heterocycles. The first-order chi connectivity index (χ1) is 9.47. The second-order valence-electron chi connectivity index (χ2n) is 4.60. The molecule has 104 valence electrons. The fourth-order valence-corrected chi connectivity index (χ4v) is 2.06. The Balaban J connectivity index is 2.17. The quantitative estimate of drug-likeness (QED) is 0.945. The van der Waals surface area contributed by atoms with Crippen molar-refractivity contribution in [2.24, 2.45) is 0 Å². The largest absolute Gasteiger partial charge is 0.324 e. The third-order valence-electron chi connectivity index (χ3n) is 3.04. The highest BCUT2D eigenvalue weighted by Gasteiger charge is 2.08. The molecule has 0 aliphatic heterocycles. The molecule has 5 heteroatoms. The summed E-state index contributed by atoms with van der Waals surface area (Å²) in [5, 5.41) is 3.33. The second-order valence-corrected chi connectivity index (χ2v) is 5.04. The van der Waals surface area contributed by atoms with Crippen LogP contribution in [-0.4, -0.2) is 10.5 Å². The maximum atomic E-state index is 12.0. The van der Waals surface area contributed by atoms with Crippen molar-refractivity contribution < 1.29 is 4.79 Å². The Morgan fingerprint density at radius 3 is 2.70 bits per heavy atom. The average Bonchev–Trinajstić information content (AvgIpc) is 2.38. The molecular formula is C15H15ClN2O2. The molecule has 1 aromatic carbocycles. The number of nitrogens with one attached hydrogen (secondary N) is 1. The Hall–Kier alpha value is -2.07. The summed E-state index contributed by atoms with van der Waals surface area (Å²) in [6, 6.07) is 10.2. The van der Waals surface area contributed by atoms with E-state index < -0.39 is 0 Å². The van der Waals surface area contributed by atoms with E-state index in [2.05, 4.69) is 5.32 Å². The van der Waals surface area contributed by atoms with Crippen molar-refractivity contribution in [1.29, 1.82) is 0 Å². The molecule has 0 aliphatic rings. The van der Waals surface area contributed by atoms with Crippen molar-refractivity contribution >= 4 is 23.2 Å². The highest BCUT2D eigenvalue weighted by Crippen LogP contribution is 2.20. The van der Waals surface area contributed by atoms with Gasteiger partial charge in [0.1, 0.15) is 6.54 Å². The van der Waals surface area contributed by atoms with Crippen LogP contribution >= 0.6 is 11.6 Å². The number of carbonyl (C=O) groups excluding carboxylic acids is 1. The van der Waals surface area contributed by atoms with Crippen LogP contribution in [0.25, 0.3) is 0 Å². The Labute approximate surface area is 122 Å². The van der Waals surface area contributed by atoms with Gasteiger partial charge in [0.2, 0.25) is 5.91 Å². The number of hydrogen-bond donors (Lipinski definition) is 1. The number of anilines is 1. The van der Waals surface area contributed by atoms with Gasteiger partial charge in [0.25, 0.3) is 5.56 Å².